The Labute approximate surface area is 114 Å². The average molecular weight is 275 g/mol. The van der Waals surface area contributed by atoms with E-state index in [1.165, 1.54) is 12.1 Å². The fourth-order valence-electron chi connectivity index (χ4n) is 1.54. The minimum Gasteiger partial charge on any atom is -0.328 e. The summed E-state index contributed by atoms with van der Waals surface area (Å²) < 4.78 is 0. The van der Waals surface area contributed by atoms with E-state index in [4.69, 9.17) is 12.2 Å². The Morgan fingerprint density at radius 2 is 2.00 bits per heavy atom. The molecule has 0 radical (unpaired) electrons. The van der Waals surface area contributed by atoms with Gasteiger partial charge in [-0.05, 0) is 30.4 Å². The lowest BCUT2D eigenvalue weighted by molar-refractivity contribution is -0.385. The Kier molecular flexibility index (Phi) is 3.67. The van der Waals surface area contributed by atoms with Gasteiger partial charge in [-0.15, -0.1) is 0 Å². The number of amides is 1. The Hall–Kier alpha value is -2.54. The van der Waals surface area contributed by atoms with Crippen LogP contribution in [0.1, 0.15) is 5.56 Å². The molecule has 0 aliphatic carbocycles. The maximum Gasteiger partial charge on any atom is 0.276 e. The van der Waals surface area contributed by atoms with E-state index in [1.807, 2.05) is 0 Å². The topological polar surface area (TPSA) is 84.3 Å². The van der Waals surface area contributed by atoms with Crippen LogP contribution in [0.5, 0.6) is 0 Å². The molecular weight excluding hydrogens is 266 g/mol. The van der Waals surface area contributed by atoms with Crippen molar-refractivity contribution >= 4 is 35.0 Å². The molecule has 1 aromatic rings. The normalized spacial score (nSPS) is 16.7. The van der Waals surface area contributed by atoms with Gasteiger partial charge in [-0.1, -0.05) is 18.2 Å². The summed E-state index contributed by atoms with van der Waals surface area (Å²) >= 11 is 4.77. The predicted molar refractivity (Wildman–Crippen MR) is 74.1 cm³/mol. The molecule has 1 aliphatic rings. The molecule has 1 saturated heterocycles. The highest BCUT2D eigenvalue weighted by Crippen LogP contribution is 2.19. The molecule has 0 saturated carbocycles. The van der Waals surface area contributed by atoms with Gasteiger partial charge in [-0.25, -0.2) is 0 Å². The summed E-state index contributed by atoms with van der Waals surface area (Å²) in [5.74, 6) is -0.322. The molecule has 1 heterocycles. The van der Waals surface area contributed by atoms with E-state index >= 15 is 0 Å². The van der Waals surface area contributed by atoms with Gasteiger partial charge in [0.25, 0.3) is 11.6 Å². The monoisotopic (exact) mass is 275 g/mol. The lowest BCUT2D eigenvalue weighted by Crippen LogP contribution is -2.21. The summed E-state index contributed by atoms with van der Waals surface area (Å²) in [5.41, 5.74) is 0.779. The number of hydrogen-bond acceptors (Lipinski definition) is 4. The van der Waals surface area contributed by atoms with E-state index in [9.17, 15) is 14.9 Å². The summed E-state index contributed by atoms with van der Waals surface area (Å²) in [5, 5.41) is 16.1. The molecule has 0 unspecified atom stereocenters. The third kappa shape index (κ3) is 3.02. The predicted octanol–water partition coefficient (Wildman–Crippen LogP) is 1.50. The van der Waals surface area contributed by atoms with E-state index < -0.39 is 4.92 Å². The van der Waals surface area contributed by atoms with Gasteiger partial charge in [0.15, 0.2) is 5.11 Å². The van der Waals surface area contributed by atoms with Gasteiger partial charge in [-0.3, -0.25) is 20.2 Å². The van der Waals surface area contributed by atoms with Crippen molar-refractivity contribution in [1.82, 2.24) is 10.6 Å². The number of thiocarbonyl (C=S) groups is 1. The molecule has 6 nitrogen and oxygen atoms in total. The molecule has 2 N–H and O–H groups in total. The standard InChI is InChI=1S/C12H9N3O3S/c16-11-9(13-12(19)14-11)6-3-5-8-4-1-2-7-10(8)15(17)18/h1-7H,(H2,13,14,16,19)/b5-3+,9-6-. The zero-order valence-corrected chi connectivity index (χ0v) is 10.4. The minimum atomic E-state index is -0.456. The highest BCUT2D eigenvalue weighted by Gasteiger charge is 2.18. The molecule has 7 heteroatoms. The molecule has 0 spiro atoms. The molecule has 1 aliphatic heterocycles. The van der Waals surface area contributed by atoms with Gasteiger partial charge in [0.05, 0.1) is 10.5 Å². The first-order valence-corrected chi connectivity index (χ1v) is 5.73. The summed E-state index contributed by atoms with van der Waals surface area (Å²) in [6.45, 7) is 0. The molecule has 19 heavy (non-hydrogen) atoms. The number of nitro benzene ring substituents is 1. The fourth-order valence-corrected chi connectivity index (χ4v) is 1.74. The number of carbonyl (C=O) groups excluding carboxylic acids is 1. The van der Waals surface area contributed by atoms with E-state index in [-0.39, 0.29) is 16.7 Å². The van der Waals surface area contributed by atoms with E-state index in [0.717, 1.165) is 0 Å². The number of allylic oxidation sites excluding steroid dienone is 2. The van der Waals surface area contributed by atoms with Crippen LogP contribution in [0.3, 0.4) is 0 Å². The highest BCUT2D eigenvalue weighted by atomic mass is 32.1. The van der Waals surface area contributed by atoms with Crippen molar-refractivity contribution in [2.24, 2.45) is 0 Å². The summed E-state index contributed by atoms with van der Waals surface area (Å²) in [7, 11) is 0. The molecule has 0 bridgehead atoms. The molecule has 1 amide bonds. The van der Waals surface area contributed by atoms with Crippen molar-refractivity contribution in [1.29, 1.82) is 0 Å². The van der Waals surface area contributed by atoms with E-state index in [2.05, 4.69) is 10.6 Å². The molecule has 1 aromatic carbocycles. The number of carbonyl (C=O) groups is 1. The average Bonchev–Trinajstić information content (AvgIpc) is 2.68. The summed E-state index contributed by atoms with van der Waals surface area (Å²) in [6.07, 6.45) is 4.62. The molecule has 2 rings (SSSR count). The smallest absolute Gasteiger partial charge is 0.276 e. The third-order valence-electron chi connectivity index (χ3n) is 2.39. The Bertz CT molecular complexity index is 622. The van der Waals surface area contributed by atoms with Crippen molar-refractivity contribution in [2.45, 2.75) is 0 Å². The second-order valence-electron chi connectivity index (χ2n) is 3.66. The van der Waals surface area contributed by atoms with Crippen molar-refractivity contribution < 1.29 is 9.72 Å². The van der Waals surface area contributed by atoms with Crippen molar-refractivity contribution in [3.63, 3.8) is 0 Å². The van der Waals surface area contributed by atoms with Gasteiger partial charge in [0, 0.05) is 6.07 Å². The van der Waals surface area contributed by atoms with Gasteiger partial charge in [0.2, 0.25) is 0 Å². The lowest BCUT2D eigenvalue weighted by atomic mass is 10.1. The van der Waals surface area contributed by atoms with Gasteiger partial charge >= 0.3 is 0 Å². The first-order chi connectivity index (χ1) is 9.08. The van der Waals surface area contributed by atoms with E-state index in [1.54, 1.807) is 30.4 Å². The SMILES string of the molecule is O=C1NC(=S)N/C1=C\C=C\c1ccccc1[N+](=O)[O-]. The molecule has 1 fully saturated rings. The number of nitrogens with one attached hydrogen (secondary N) is 2. The van der Waals surface area contributed by atoms with E-state index in [0.29, 0.717) is 11.3 Å². The maximum absolute atomic E-state index is 11.3. The van der Waals surface area contributed by atoms with Gasteiger partial charge < -0.3 is 5.32 Å². The van der Waals surface area contributed by atoms with Crippen LogP contribution in [0.25, 0.3) is 6.08 Å². The number of benzene rings is 1. The van der Waals surface area contributed by atoms with Crippen LogP contribution < -0.4 is 10.6 Å². The highest BCUT2D eigenvalue weighted by molar-refractivity contribution is 7.80. The second kappa shape index (κ2) is 5.40. The van der Waals surface area contributed by atoms with Crippen LogP contribution in [0.15, 0.2) is 42.1 Å². The molecular formula is C12H9N3O3S. The molecule has 0 aromatic heterocycles. The van der Waals surface area contributed by atoms with Crippen LogP contribution in [0.4, 0.5) is 5.69 Å². The lowest BCUT2D eigenvalue weighted by Gasteiger charge is -1.95. The number of para-hydroxylation sites is 1. The zero-order chi connectivity index (χ0) is 13.8. The number of rotatable bonds is 3. The van der Waals surface area contributed by atoms with Crippen LogP contribution >= 0.6 is 12.2 Å². The number of nitrogens with zero attached hydrogens (tertiary/aromatic N) is 1. The number of nitro groups is 1. The third-order valence-corrected chi connectivity index (χ3v) is 2.60. The van der Waals surface area contributed by atoms with Crippen molar-refractivity contribution in [3.8, 4) is 0 Å². The number of hydrogen-bond donors (Lipinski definition) is 2. The second-order valence-corrected chi connectivity index (χ2v) is 4.07. The quantitative estimate of drug-likeness (QED) is 0.378. The Morgan fingerprint density at radius 1 is 1.26 bits per heavy atom. The molecule has 96 valence electrons. The van der Waals surface area contributed by atoms with Crippen LogP contribution in [0.2, 0.25) is 0 Å². The maximum atomic E-state index is 11.3. The largest absolute Gasteiger partial charge is 0.328 e. The first kappa shape index (κ1) is 12.9. The van der Waals surface area contributed by atoms with Crippen LogP contribution in [0, 0.1) is 10.1 Å². The van der Waals surface area contributed by atoms with Crippen LogP contribution in [-0.2, 0) is 4.79 Å². The van der Waals surface area contributed by atoms with Gasteiger partial charge in [0.1, 0.15) is 5.70 Å². The molecule has 0 atom stereocenters. The minimum absolute atomic E-state index is 0.0107. The Balaban J connectivity index is 2.20. The fraction of sp³-hybridized carbons (Fsp3) is 0. The zero-order valence-electron chi connectivity index (χ0n) is 9.62. The summed E-state index contributed by atoms with van der Waals surface area (Å²) in [4.78, 5) is 21.7. The van der Waals surface area contributed by atoms with Crippen molar-refractivity contribution in [2.75, 3.05) is 0 Å². The Morgan fingerprint density at radius 3 is 2.63 bits per heavy atom. The summed E-state index contributed by atoms with van der Waals surface area (Å²) in [6, 6.07) is 6.34. The van der Waals surface area contributed by atoms with Gasteiger partial charge in [-0.2, -0.15) is 0 Å². The van der Waals surface area contributed by atoms with Crippen molar-refractivity contribution in [3.05, 3.63) is 57.8 Å². The first-order valence-electron chi connectivity index (χ1n) is 5.32. The van der Waals surface area contributed by atoms with Crippen LogP contribution in [-0.4, -0.2) is 15.9 Å².